The molecule has 0 bridgehead atoms. The second kappa shape index (κ2) is 13.5. The van der Waals surface area contributed by atoms with E-state index >= 15 is 0 Å². The molecule has 0 saturated carbocycles. The van der Waals surface area contributed by atoms with Crippen molar-refractivity contribution in [1.82, 2.24) is 0 Å². The SMILES string of the molecule is CCCCCC(=O)O[C@H]1c2cc3c(c(OC)c2-c2c(cc(OC)c(OC)c2OC)[C@H](C(=O)c2ccccc2)[C@@](C)(O)[C@H]1C)OCO3. The van der Waals surface area contributed by atoms with Crippen LogP contribution < -0.4 is 28.4 Å². The number of ether oxygens (including phenoxy) is 7. The molecule has 1 aliphatic carbocycles. The topological polar surface area (TPSA) is 119 Å². The first-order valence-electron chi connectivity index (χ1n) is 15.5. The van der Waals surface area contributed by atoms with Crippen LogP contribution in [0.2, 0.25) is 0 Å². The first-order chi connectivity index (χ1) is 22.1. The van der Waals surface area contributed by atoms with E-state index in [1.807, 2.05) is 6.07 Å². The van der Waals surface area contributed by atoms with E-state index in [0.717, 1.165) is 12.8 Å². The van der Waals surface area contributed by atoms with Gasteiger partial charge in [0.15, 0.2) is 28.8 Å². The van der Waals surface area contributed by atoms with Gasteiger partial charge in [-0.25, -0.2) is 0 Å². The molecule has 0 saturated heterocycles. The fraction of sp³-hybridized carbons (Fsp3) is 0.444. The van der Waals surface area contributed by atoms with Gasteiger partial charge in [0.2, 0.25) is 18.3 Å². The molecule has 246 valence electrons. The van der Waals surface area contributed by atoms with E-state index in [0.29, 0.717) is 57.2 Å². The summed E-state index contributed by atoms with van der Waals surface area (Å²) in [6, 6.07) is 12.2. The summed E-state index contributed by atoms with van der Waals surface area (Å²) in [5.74, 6) is -0.915. The molecule has 10 nitrogen and oxygen atoms in total. The molecule has 0 fully saturated rings. The fourth-order valence-corrected chi connectivity index (χ4v) is 6.58. The Morgan fingerprint density at radius 1 is 0.891 bits per heavy atom. The Morgan fingerprint density at radius 2 is 1.57 bits per heavy atom. The van der Waals surface area contributed by atoms with Gasteiger partial charge in [0.1, 0.15) is 6.10 Å². The van der Waals surface area contributed by atoms with Crippen LogP contribution in [0, 0.1) is 5.92 Å². The third-order valence-corrected chi connectivity index (χ3v) is 9.11. The molecule has 1 aliphatic heterocycles. The predicted molar refractivity (Wildman–Crippen MR) is 170 cm³/mol. The average molecular weight is 635 g/mol. The summed E-state index contributed by atoms with van der Waals surface area (Å²) in [5, 5.41) is 12.7. The molecule has 0 amide bonds. The van der Waals surface area contributed by atoms with E-state index in [2.05, 4.69) is 6.92 Å². The lowest BCUT2D eigenvalue weighted by Gasteiger charge is -2.44. The number of methoxy groups -OCH3 is 4. The van der Waals surface area contributed by atoms with Crippen LogP contribution in [0.3, 0.4) is 0 Å². The molecular weight excluding hydrogens is 592 g/mol. The maximum atomic E-state index is 14.6. The number of esters is 1. The standard InChI is InChI=1S/C36H42O10/c1-8-9-11-16-26(37)46-31-20(2)36(3,39)29(30(38)21-14-12-10-13-15-21)22-17-24(40-4)32(41-5)34(42-6)27(22)28-23(31)18-25-33(35(28)43-7)45-19-44-25/h10,12-15,17-18,20,29,31,39H,8-9,11,16,19H2,1-7H3/t20-,29+,31+,36-/m0/s1. The summed E-state index contributed by atoms with van der Waals surface area (Å²) >= 11 is 0. The third kappa shape index (κ3) is 5.59. The van der Waals surface area contributed by atoms with Crippen molar-refractivity contribution in [2.45, 2.75) is 64.1 Å². The molecule has 1 N–H and O–H groups in total. The molecule has 10 heteroatoms. The zero-order valence-electron chi connectivity index (χ0n) is 27.4. The number of carbonyl (C=O) groups excluding carboxylic acids is 2. The Kier molecular flexibility index (Phi) is 9.67. The van der Waals surface area contributed by atoms with Gasteiger partial charge in [0, 0.05) is 34.6 Å². The van der Waals surface area contributed by atoms with Gasteiger partial charge < -0.3 is 38.3 Å². The molecule has 0 radical (unpaired) electrons. The van der Waals surface area contributed by atoms with Crippen molar-refractivity contribution in [1.29, 1.82) is 0 Å². The highest BCUT2D eigenvalue weighted by molar-refractivity contribution is 6.04. The van der Waals surface area contributed by atoms with Crippen molar-refractivity contribution in [3.63, 3.8) is 0 Å². The quantitative estimate of drug-likeness (QED) is 0.140. The maximum absolute atomic E-state index is 14.6. The average Bonchev–Trinajstić information content (AvgIpc) is 3.54. The largest absolute Gasteiger partial charge is 0.493 e. The smallest absolute Gasteiger partial charge is 0.306 e. The van der Waals surface area contributed by atoms with Crippen LogP contribution in [0.5, 0.6) is 34.5 Å². The molecular formula is C36H42O10. The molecule has 3 aromatic rings. The Hall–Kier alpha value is -4.44. The second-order valence-electron chi connectivity index (χ2n) is 11.8. The molecule has 4 atom stereocenters. The number of rotatable bonds is 11. The minimum Gasteiger partial charge on any atom is -0.493 e. The fourth-order valence-electron chi connectivity index (χ4n) is 6.58. The van der Waals surface area contributed by atoms with Crippen molar-refractivity contribution in [3.05, 3.63) is 59.2 Å². The van der Waals surface area contributed by atoms with Gasteiger partial charge in [-0.15, -0.1) is 0 Å². The summed E-state index contributed by atoms with van der Waals surface area (Å²) in [7, 11) is 5.96. The predicted octanol–water partition coefficient (Wildman–Crippen LogP) is 6.65. The highest BCUT2D eigenvalue weighted by atomic mass is 16.7. The number of hydrogen-bond donors (Lipinski definition) is 1. The molecule has 0 spiro atoms. The number of aliphatic hydroxyl groups is 1. The molecule has 2 aliphatic rings. The molecule has 0 aromatic heterocycles. The van der Waals surface area contributed by atoms with Gasteiger partial charge in [0.05, 0.1) is 40.0 Å². The van der Waals surface area contributed by atoms with Gasteiger partial charge in [-0.05, 0) is 31.0 Å². The Labute approximate surface area is 269 Å². The van der Waals surface area contributed by atoms with Gasteiger partial charge in [-0.2, -0.15) is 0 Å². The zero-order chi connectivity index (χ0) is 33.2. The molecule has 46 heavy (non-hydrogen) atoms. The Balaban J connectivity index is 1.92. The van der Waals surface area contributed by atoms with Crippen LogP contribution in [0.15, 0.2) is 42.5 Å². The van der Waals surface area contributed by atoms with Crippen molar-refractivity contribution >= 4 is 11.8 Å². The summed E-state index contributed by atoms with van der Waals surface area (Å²) in [4.78, 5) is 28.1. The summed E-state index contributed by atoms with van der Waals surface area (Å²) < 4.78 is 41.5. The van der Waals surface area contributed by atoms with Gasteiger partial charge in [0.25, 0.3) is 0 Å². The lowest BCUT2D eigenvalue weighted by atomic mass is 9.65. The van der Waals surface area contributed by atoms with Crippen LogP contribution in [0.1, 0.15) is 80.0 Å². The van der Waals surface area contributed by atoms with E-state index in [1.165, 1.54) is 28.4 Å². The molecule has 3 aromatic carbocycles. The Bertz CT molecular complexity index is 1600. The minimum atomic E-state index is -1.78. The monoisotopic (exact) mass is 634 g/mol. The second-order valence-corrected chi connectivity index (χ2v) is 11.8. The number of carbonyl (C=O) groups is 2. The van der Waals surface area contributed by atoms with Crippen LogP contribution in [0.25, 0.3) is 11.1 Å². The van der Waals surface area contributed by atoms with Crippen LogP contribution in [-0.4, -0.2) is 57.7 Å². The van der Waals surface area contributed by atoms with Gasteiger partial charge in [-0.1, -0.05) is 57.0 Å². The number of hydrogen-bond acceptors (Lipinski definition) is 10. The van der Waals surface area contributed by atoms with E-state index < -0.39 is 29.5 Å². The summed E-state index contributed by atoms with van der Waals surface area (Å²) in [6.45, 7) is 5.39. The molecule has 0 unspecified atom stereocenters. The first-order valence-corrected chi connectivity index (χ1v) is 15.5. The third-order valence-electron chi connectivity index (χ3n) is 9.11. The van der Waals surface area contributed by atoms with Crippen LogP contribution >= 0.6 is 0 Å². The lowest BCUT2D eigenvalue weighted by molar-refractivity contribution is -0.159. The van der Waals surface area contributed by atoms with E-state index in [1.54, 1.807) is 50.2 Å². The van der Waals surface area contributed by atoms with Gasteiger partial charge in [-0.3, -0.25) is 9.59 Å². The maximum Gasteiger partial charge on any atom is 0.306 e. The summed E-state index contributed by atoms with van der Waals surface area (Å²) in [5.41, 5.74) is 0.382. The number of fused-ring (bicyclic) bond motifs is 4. The summed E-state index contributed by atoms with van der Waals surface area (Å²) in [6.07, 6.45) is 1.65. The highest BCUT2D eigenvalue weighted by Gasteiger charge is 2.52. The molecule has 1 heterocycles. The highest BCUT2D eigenvalue weighted by Crippen LogP contribution is 2.61. The minimum absolute atomic E-state index is 0.0473. The van der Waals surface area contributed by atoms with E-state index in [9.17, 15) is 14.7 Å². The first kappa shape index (κ1) is 32.9. The van der Waals surface area contributed by atoms with Crippen LogP contribution in [-0.2, 0) is 9.53 Å². The number of benzene rings is 3. The van der Waals surface area contributed by atoms with Crippen molar-refractivity contribution in [3.8, 4) is 45.6 Å². The number of ketones is 1. The van der Waals surface area contributed by atoms with Crippen LogP contribution in [0.4, 0.5) is 0 Å². The zero-order valence-corrected chi connectivity index (χ0v) is 27.4. The van der Waals surface area contributed by atoms with Crippen molar-refractivity contribution < 1.29 is 47.9 Å². The van der Waals surface area contributed by atoms with E-state index in [-0.39, 0.29) is 30.5 Å². The lowest BCUT2D eigenvalue weighted by Crippen LogP contribution is -2.47. The van der Waals surface area contributed by atoms with Crippen molar-refractivity contribution in [2.24, 2.45) is 5.92 Å². The number of unbranched alkanes of at least 4 members (excludes halogenated alkanes) is 2. The van der Waals surface area contributed by atoms with E-state index in [4.69, 9.17) is 33.2 Å². The Morgan fingerprint density at radius 3 is 2.20 bits per heavy atom. The normalized spacial score (nSPS) is 21.3. The number of Topliss-reactive ketones (excluding diaryl/α,β-unsaturated/α-hetero) is 1. The van der Waals surface area contributed by atoms with Gasteiger partial charge >= 0.3 is 5.97 Å². The van der Waals surface area contributed by atoms with Crippen molar-refractivity contribution in [2.75, 3.05) is 35.2 Å². The molecule has 5 rings (SSSR count).